The van der Waals surface area contributed by atoms with Gasteiger partial charge in [0.2, 0.25) is 16.0 Å². The fourth-order valence-corrected chi connectivity index (χ4v) is 5.55. The van der Waals surface area contributed by atoms with Gasteiger partial charge in [-0.3, -0.25) is 9.71 Å². The summed E-state index contributed by atoms with van der Waals surface area (Å²) in [5.41, 5.74) is 0.113. The number of hydrazone groups is 1. The largest absolute Gasteiger partial charge is 0.377 e. The Kier molecular flexibility index (Phi) is 7.29. The zero-order valence-electron chi connectivity index (χ0n) is 19.8. The molecule has 0 bridgehead atoms. The van der Waals surface area contributed by atoms with Gasteiger partial charge in [-0.2, -0.15) is 5.10 Å². The number of aliphatic hydroxyl groups is 1. The molecule has 0 saturated carbocycles. The van der Waals surface area contributed by atoms with E-state index in [-0.39, 0.29) is 23.1 Å². The molecule has 0 amide bonds. The molecule has 0 aliphatic carbocycles. The molecule has 0 fully saturated rings. The van der Waals surface area contributed by atoms with E-state index < -0.39 is 25.6 Å². The minimum absolute atomic E-state index is 0.110. The van der Waals surface area contributed by atoms with Crippen molar-refractivity contribution in [2.75, 3.05) is 24.6 Å². The summed E-state index contributed by atoms with van der Waals surface area (Å²) in [7, 11) is -6.24. The quantitative estimate of drug-likeness (QED) is 0.312. The number of guanidine groups is 1. The molecular weight excluding hydrogens is 538 g/mol. The third kappa shape index (κ3) is 5.93. The molecule has 1 aliphatic rings. The van der Waals surface area contributed by atoms with Crippen molar-refractivity contribution < 1.29 is 21.9 Å². The summed E-state index contributed by atoms with van der Waals surface area (Å²) < 4.78 is 53.7. The second-order valence-electron chi connectivity index (χ2n) is 8.29. The Morgan fingerprint density at radius 1 is 1.00 bits per heavy atom. The van der Waals surface area contributed by atoms with Gasteiger partial charge < -0.3 is 5.11 Å². The number of aliphatic imine (C=N–C) groups is 1. The Bertz CT molecular complexity index is 1560. The van der Waals surface area contributed by atoms with Crippen molar-refractivity contribution in [3.63, 3.8) is 0 Å². The second-order valence-corrected chi connectivity index (χ2v) is 12.2. The van der Waals surface area contributed by atoms with Crippen molar-refractivity contribution in [1.82, 2.24) is 9.73 Å². The van der Waals surface area contributed by atoms with Crippen LogP contribution in [-0.2, 0) is 25.6 Å². The van der Waals surface area contributed by atoms with Crippen LogP contribution in [-0.4, -0.2) is 58.5 Å². The third-order valence-electron chi connectivity index (χ3n) is 5.51. The van der Waals surface area contributed by atoms with Gasteiger partial charge in [-0.05, 0) is 42.0 Å². The number of sulfonamides is 2. The second kappa shape index (κ2) is 10.1. The Hall–Kier alpha value is -3.45. The van der Waals surface area contributed by atoms with Crippen molar-refractivity contribution in [3.8, 4) is 0 Å². The standard InChI is InChI=1S/C24H24ClN5O5S2/c1-26-23(29-37(34,35)21-14-12-20(13-15-21)28-36(2,32)33)30-16-24(31,18-6-4-3-5-7-18)22(27-30)17-8-10-19(25)11-9-17/h3-15,28,31H,16H2,1-2H3,(H,26,29). The molecule has 0 saturated heterocycles. The van der Waals surface area contributed by atoms with Crippen molar-refractivity contribution >= 4 is 49.0 Å². The van der Waals surface area contributed by atoms with Gasteiger partial charge in [0.1, 0.15) is 5.71 Å². The molecule has 1 aliphatic heterocycles. The number of β-amino-alcohol motifs (C(OH)–C–C–N with tert-alkyl or cyclic N) is 1. The maximum Gasteiger partial charge on any atom is 0.264 e. The summed E-state index contributed by atoms with van der Waals surface area (Å²) in [6.45, 7) is -0.110. The average Bonchev–Trinajstić information content (AvgIpc) is 3.21. The molecule has 194 valence electrons. The number of anilines is 1. The highest BCUT2D eigenvalue weighted by Gasteiger charge is 2.45. The van der Waals surface area contributed by atoms with Gasteiger partial charge in [0.25, 0.3) is 10.0 Å². The van der Waals surface area contributed by atoms with Gasteiger partial charge in [0.15, 0.2) is 5.60 Å². The fourth-order valence-electron chi connectivity index (χ4n) is 3.81. The van der Waals surface area contributed by atoms with Gasteiger partial charge in [0.05, 0.1) is 17.7 Å². The van der Waals surface area contributed by atoms with E-state index in [9.17, 15) is 21.9 Å². The third-order valence-corrected chi connectivity index (χ3v) is 7.71. The molecule has 1 heterocycles. The van der Waals surface area contributed by atoms with Crippen molar-refractivity contribution in [1.29, 1.82) is 0 Å². The highest BCUT2D eigenvalue weighted by molar-refractivity contribution is 7.92. The summed E-state index contributed by atoms with van der Waals surface area (Å²) in [5.74, 6) is -0.114. The maximum atomic E-state index is 13.1. The van der Waals surface area contributed by atoms with E-state index in [1.54, 1.807) is 48.5 Å². The van der Waals surface area contributed by atoms with Crippen LogP contribution in [0.2, 0.25) is 5.02 Å². The van der Waals surface area contributed by atoms with Gasteiger partial charge >= 0.3 is 0 Å². The van der Waals surface area contributed by atoms with Crippen molar-refractivity contribution in [3.05, 3.63) is 95.0 Å². The Labute approximate surface area is 220 Å². The SMILES string of the molecule is CN=C(NS(=O)(=O)c1ccc(NS(C)(=O)=O)cc1)N1CC(O)(c2ccccc2)C(c2ccc(Cl)cc2)=N1. The molecule has 1 atom stereocenters. The smallest absolute Gasteiger partial charge is 0.264 e. The molecule has 0 spiro atoms. The van der Waals surface area contributed by atoms with Crippen LogP contribution in [0.4, 0.5) is 5.69 Å². The maximum absolute atomic E-state index is 13.1. The van der Waals surface area contributed by atoms with Crippen LogP contribution in [0, 0.1) is 0 Å². The molecular formula is C24H24ClN5O5S2. The van der Waals surface area contributed by atoms with E-state index in [1.165, 1.54) is 36.3 Å². The fraction of sp³-hybridized carbons (Fsp3) is 0.167. The lowest BCUT2D eigenvalue weighted by Gasteiger charge is -2.26. The Morgan fingerprint density at radius 3 is 2.19 bits per heavy atom. The van der Waals surface area contributed by atoms with Crippen LogP contribution in [0.25, 0.3) is 0 Å². The molecule has 4 rings (SSSR count). The Balaban J connectivity index is 1.66. The predicted octanol–water partition coefficient (Wildman–Crippen LogP) is 2.58. The van der Waals surface area contributed by atoms with Crippen molar-refractivity contribution in [2.24, 2.45) is 10.1 Å². The zero-order valence-corrected chi connectivity index (χ0v) is 22.2. The number of nitrogens with zero attached hydrogens (tertiary/aromatic N) is 3. The van der Waals surface area contributed by atoms with E-state index in [4.69, 9.17) is 11.6 Å². The molecule has 0 aromatic heterocycles. The molecule has 3 aromatic rings. The minimum atomic E-state index is -4.13. The minimum Gasteiger partial charge on any atom is -0.377 e. The number of hydrogen-bond acceptors (Lipinski definition) is 7. The molecule has 0 radical (unpaired) electrons. The van der Waals surface area contributed by atoms with E-state index in [0.29, 0.717) is 21.9 Å². The van der Waals surface area contributed by atoms with E-state index >= 15 is 0 Å². The molecule has 3 N–H and O–H groups in total. The monoisotopic (exact) mass is 561 g/mol. The van der Waals surface area contributed by atoms with Crippen LogP contribution in [0.1, 0.15) is 11.1 Å². The lowest BCUT2D eigenvalue weighted by atomic mass is 9.86. The summed E-state index contributed by atoms with van der Waals surface area (Å²) >= 11 is 6.04. The van der Waals surface area contributed by atoms with E-state index in [2.05, 4.69) is 19.5 Å². The van der Waals surface area contributed by atoms with Gasteiger partial charge in [-0.1, -0.05) is 54.1 Å². The topological polar surface area (TPSA) is 141 Å². The number of rotatable bonds is 6. The molecule has 13 heteroatoms. The van der Waals surface area contributed by atoms with Crippen LogP contribution in [0.3, 0.4) is 0 Å². The highest BCUT2D eigenvalue weighted by Crippen LogP contribution is 2.33. The summed E-state index contributed by atoms with van der Waals surface area (Å²) in [6, 6.07) is 20.9. The normalized spacial score (nSPS) is 18.4. The average molecular weight is 562 g/mol. The first-order valence-electron chi connectivity index (χ1n) is 10.9. The first-order valence-corrected chi connectivity index (χ1v) is 14.6. The number of benzene rings is 3. The molecule has 1 unspecified atom stereocenters. The Morgan fingerprint density at radius 2 is 1.62 bits per heavy atom. The van der Waals surface area contributed by atoms with Crippen LogP contribution < -0.4 is 9.44 Å². The predicted molar refractivity (Wildman–Crippen MR) is 144 cm³/mol. The summed E-state index contributed by atoms with van der Waals surface area (Å²) in [5, 5.41) is 18.2. The number of nitrogens with one attached hydrogen (secondary N) is 2. The van der Waals surface area contributed by atoms with Crippen LogP contribution in [0.15, 0.2) is 93.9 Å². The zero-order chi connectivity index (χ0) is 26.8. The van der Waals surface area contributed by atoms with Gasteiger partial charge in [0, 0.05) is 23.3 Å². The lowest BCUT2D eigenvalue weighted by Crippen LogP contribution is -2.45. The van der Waals surface area contributed by atoms with Crippen LogP contribution in [0.5, 0.6) is 0 Å². The van der Waals surface area contributed by atoms with Gasteiger partial charge in [-0.25, -0.2) is 26.6 Å². The van der Waals surface area contributed by atoms with E-state index in [0.717, 1.165) is 6.26 Å². The summed E-state index contributed by atoms with van der Waals surface area (Å²) in [4.78, 5) is 3.95. The van der Waals surface area contributed by atoms with E-state index in [1.807, 2.05) is 6.07 Å². The summed E-state index contributed by atoms with van der Waals surface area (Å²) in [6.07, 6.45) is 0.995. The number of halogens is 1. The van der Waals surface area contributed by atoms with Crippen LogP contribution >= 0.6 is 11.6 Å². The first-order chi connectivity index (χ1) is 17.4. The molecule has 3 aromatic carbocycles. The number of hydrogen-bond donors (Lipinski definition) is 3. The first kappa shape index (κ1) is 26.6. The molecule has 37 heavy (non-hydrogen) atoms. The van der Waals surface area contributed by atoms with Gasteiger partial charge in [-0.15, -0.1) is 0 Å². The highest BCUT2D eigenvalue weighted by atomic mass is 35.5. The molecule has 10 nitrogen and oxygen atoms in total. The van der Waals surface area contributed by atoms with Crippen molar-refractivity contribution in [2.45, 2.75) is 10.5 Å². The lowest BCUT2D eigenvalue weighted by molar-refractivity contribution is 0.104.